The zero-order valence-corrected chi connectivity index (χ0v) is 16.4. The van der Waals surface area contributed by atoms with E-state index in [1.807, 2.05) is 31.2 Å². The fraction of sp³-hybridized carbons (Fsp3) is 0.304. The minimum Gasteiger partial charge on any atom is -0.493 e. The van der Waals surface area contributed by atoms with Crippen molar-refractivity contribution in [2.45, 2.75) is 33.1 Å². The number of ether oxygens (including phenoxy) is 2. The quantitative estimate of drug-likeness (QED) is 0.354. The lowest BCUT2D eigenvalue weighted by Gasteiger charge is -2.08. The van der Waals surface area contributed by atoms with Crippen LogP contribution in [0.4, 0.5) is 5.69 Å². The minimum absolute atomic E-state index is 0.260. The molecule has 0 heterocycles. The van der Waals surface area contributed by atoms with Crippen molar-refractivity contribution < 1.29 is 19.1 Å². The molecule has 0 unspecified atom stereocenters. The molecule has 0 aliphatic heterocycles. The Labute approximate surface area is 166 Å². The van der Waals surface area contributed by atoms with Crippen LogP contribution in [0.5, 0.6) is 5.75 Å². The maximum Gasteiger partial charge on any atom is 0.338 e. The van der Waals surface area contributed by atoms with Crippen molar-refractivity contribution in [2.75, 3.05) is 18.5 Å². The summed E-state index contributed by atoms with van der Waals surface area (Å²) in [5, 5.41) is 2.77. The summed E-state index contributed by atoms with van der Waals surface area (Å²) in [5.41, 5.74) is 1.91. The number of esters is 1. The molecule has 0 saturated heterocycles. The molecule has 0 atom stereocenters. The van der Waals surface area contributed by atoms with Crippen molar-refractivity contribution >= 4 is 23.6 Å². The molecule has 0 spiro atoms. The maximum absolute atomic E-state index is 12.2. The minimum atomic E-state index is -0.362. The molecule has 5 heteroatoms. The summed E-state index contributed by atoms with van der Waals surface area (Å²) in [6.45, 7) is 5.10. The van der Waals surface area contributed by atoms with Gasteiger partial charge in [0, 0.05) is 17.3 Å². The van der Waals surface area contributed by atoms with Gasteiger partial charge in [-0.2, -0.15) is 0 Å². The first-order valence-corrected chi connectivity index (χ1v) is 9.62. The summed E-state index contributed by atoms with van der Waals surface area (Å²) in [6, 6.07) is 14.2. The lowest BCUT2D eigenvalue weighted by atomic mass is 10.2. The molecule has 1 N–H and O–H groups in total. The molecule has 2 aromatic rings. The van der Waals surface area contributed by atoms with Crippen LogP contribution < -0.4 is 10.1 Å². The monoisotopic (exact) mass is 381 g/mol. The van der Waals surface area contributed by atoms with Crippen molar-refractivity contribution in [3.05, 3.63) is 65.7 Å². The summed E-state index contributed by atoms with van der Waals surface area (Å²) in [4.78, 5) is 24.0. The molecule has 5 nitrogen and oxygen atoms in total. The predicted molar refractivity (Wildman–Crippen MR) is 112 cm³/mol. The topological polar surface area (TPSA) is 64.6 Å². The van der Waals surface area contributed by atoms with Crippen LogP contribution in [0.25, 0.3) is 6.08 Å². The van der Waals surface area contributed by atoms with Gasteiger partial charge < -0.3 is 14.8 Å². The lowest BCUT2D eigenvalue weighted by molar-refractivity contribution is -0.111. The number of amides is 1. The third-order valence-corrected chi connectivity index (χ3v) is 3.91. The summed E-state index contributed by atoms with van der Waals surface area (Å²) in [5.74, 6) is 0.138. The molecule has 1 amide bonds. The number of nitrogens with one attached hydrogen (secondary N) is 1. The molecule has 148 valence electrons. The average Bonchev–Trinajstić information content (AvgIpc) is 2.72. The maximum atomic E-state index is 12.2. The van der Waals surface area contributed by atoms with Gasteiger partial charge in [0.05, 0.1) is 18.8 Å². The van der Waals surface area contributed by atoms with E-state index < -0.39 is 0 Å². The molecule has 0 aromatic heterocycles. The van der Waals surface area contributed by atoms with Crippen molar-refractivity contribution in [1.29, 1.82) is 0 Å². The summed E-state index contributed by atoms with van der Waals surface area (Å²) in [6.07, 6.45) is 6.02. The number of unbranched alkanes of at least 4 members (excludes halogenated alkanes) is 1. The number of carbonyl (C=O) groups excluding carboxylic acids is 2. The Morgan fingerprint density at radius 3 is 2.43 bits per heavy atom. The van der Waals surface area contributed by atoms with E-state index in [2.05, 4.69) is 12.2 Å². The van der Waals surface area contributed by atoms with Crippen LogP contribution in [0.1, 0.15) is 49.0 Å². The normalized spacial score (nSPS) is 10.6. The van der Waals surface area contributed by atoms with E-state index in [9.17, 15) is 9.59 Å². The summed E-state index contributed by atoms with van der Waals surface area (Å²) < 4.78 is 10.8. The highest BCUT2D eigenvalue weighted by Crippen LogP contribution is 2.20. The fourth-order valence-electron chi connectivity index (χ4n) is 2.39. The largest absolute Gasteiger partial charge is 0.493 e. The Kier molecular flexibility index (Phi) is 8.79. The Bertz CT molecular complexity index is 797. The zero-order chi connectivity index (χ0) is 20.2. The Balaban J connectivity index is 1.94. The van der Waals surface area contributed by atoms with Crippen LogP contribution in [0, 0.1) is 0 Å². The standard InChI is InChI=1S/C23H27NO4/c1-3-5-17-27-21-9-7-6-8-18(21)12-15-22(25)24-20-13-10-19(11-14-20)23(26)28-16-4-2/h6-15H,3-5,16-17H2,1-2H3,(H,24,25)/b15-12+. The highest BCUT2D eigenvalue weighted by molar-refractivity contribution is 6.02. The zero-order valence-electron chi connectivity index (χ0n) is 16.4. The van der Waals surface area contributed by atoms with E-state index in [0.717, 1.165) is 30.6 Å². The van der Waals surface area contributed by atoms with Crippen LogP contribution in [0.3, 0.4) is 0 Å². The smallest absolute Gasteiger partial charge is 0.338 e. The van der Waals surface area contributed by atoms with Crippen LogP contribution in [0.15, 0.2) is 54.6 Å². The SMILES string of the molecule is CCCCOc1ccccc1/C=C/C(=O)Nc1ccc(C(=O)OCCC)cc1. The third-order valence-electron chi connectivity index (χ3n) is 3.91. The molecule has 0 fully saturated rings. The average molecular weight is 381 g/mol. The van der Waals surface area contributed by atoms with Gasteiger partial charge >= 0.3 is 5.97 Å². The number of carbonyl (C=O) groups is 2. The van der Waals surface area contributed by atoms with Gasteiger partial charge in [-0.25, -0.2) is 4.79 Å². The van der Waals surface area contributed by atoms with Gasteiger partial charge in [0.1, 0.15) is 5.75 Å². The Morgan fingerprint density at radius 2 is 1.71 bits per heavy atom. The molecule has 0 aliphatic rings. The number of hydrogen-bond acceptors (Lipinski definition) is 4. The first-order chi connectivity index (χ1) is 13.6. The fourth-order valence-corrected chi connectivity index (χ4v) is 2.39. The molecule has 28 heavy (non-hydrogen) atoms. The van der Waals surface area contributed by atoms with Crippen molar-refractivity contribution in [3.63, 3.8) is 0 Å². The lowest BCUT2D eigenvalue weighted by Crippen LogP contribution is -2.09. The molecule has 0 saturated carbocycles. The number of rotatable bonds is 10. The number of anilines is 1. The van der Waals surface area contributed by atoms with E-state index in [-0.39, 0.29) is 11.9 Å². The van der Waals surface area contributed by atoms with Crippen molar-refractivity contribution in [2.24, 2.45) is 0 Å². The van der Waals surface area contributed by atoms with Gasteiger partial charge in [-0.05, 0) is 49.2 Å². The summed E-state index contributed by atoms with van der Waals surface area (Å²) in [7, 11) is 0. The van der Waals surface area contributed by atoms with Crippen LogP contribution >= 0.6 is 0 Å². The van der Waals surface area contributed by atoms with E-state index >= 15 is 0 Å². The van der Waals surface area contributed by atoms with Gasteiger partial charge in [-0.3, -0.25) is 4.79 Å². The van der Waals surface area contributed by atoms with E-state index in [0.29, 0.717) is 24.5 Å². The van der Waals surface area contributed by atoms with Crippen LogP contribution in [0.2, 0.25) is 0 Å². The van der Waals surface area contributed by atoms with Crippen LogP contribution in [-0.4, -0.2) is 25.1 Å². The predicted octanol–water partition coefficient (Wildman–Crippen LogP) is 5.08. The number of benzene rings is 2. The van der Waals surface area contributed by atoms with E-state index in [1.165, 1.54) is 6.08 Å². The highest BCUT2D eigenvalue weighted by atomic mass is 16.5. The van der Waals surface area contributed by atoms with Gasteiger partial charge in [-0.1, -0.05) is 38.5 Å². The number of para-hydroxylation sites is 1. The molecular weight excluding hydrogens is 354 g/mol. The van der Waals surface area contributed by atoms with Gasteiger partial charge in [0.25, 0.3) is 0 Å². The van der Waals surface area contributed by atoms with Gasteiger partial charge in [-0.15, -0.1) is 0 Å². The van der Waals surface area contributed by atoms with E-state index in [4.69, 9.17) is 9.47 Å². The first kappa shape index (κ1) is 21.2. The second-order valence-corrected chi connectivity index (χ2v) is 6.28. The molecule has 2 aromatic carbocycles. The second-order valence-electron chi connectivity index (χ2n) is 6.28. The molecule has 2 rings (SSSR count). The Hall–Kier alpha value is -3.08. The van der Waals surface area contributed by atoms with Crippen molar-refractivity contribution in [1.82, 2.24) is 0 Å². The van der Waals surface area contributed by atoms with Gasteiger partial charge in [0.2, 0.25) is 5.91 Å². The van der Waals surface area contributed by atoms with Gasteiger partial charge in [0.15, 0.2) is 0 Å². The summed E-state index contributed by atoms with van der Waals surface area (Å²) >= 11 is 0. The van der Waals surface area contributed by atoms with Crippen molar-refractivity contribution in [3.8, 4) is 5.75 Å². The molecule has 0 bridgehead atoms. The van der Waals surface area contributed by atoms with E-state index in [1.54, 1.807) is 30.3 Å². The molecular formula is C23H27NO4. The third kappa shape index (κ3) is 6.91. The molecule has 0 radical (unpaired) electrons. The Morgan fingerprint density at radius 1 is 0.964 bits per heavy atom. The second kappa shape index (κ2) is 11.6. The first-order valence-electron chi connectivity index (χ1n) is 9.62. The highest BCUT2D eigenvalue weighted by Gasteiger charge is 2.07. The van der Waals surface area contributed by atoms with Crippen LogP contribution in [-0.2, 0) is 9.53 Å². The number of hydrogen-bond donors (Lipinski definition) is 1. The molecule has 0 aliphatic carbocycles.